The Balaban J connectivity index is 1.37. The molecule has 172 valence electrons. The lowest BCUT2D eigenvalue weighted by molar-refractivity contribution is 0.0835. The summed E-state index contributed by atoms with van der Waals surface area (Å²) in [5.74, 6) is 0.0876. The largest absolute Gasteiger partial charge is 0.448 e. The Hall–Kier alpha value is -2.11. The van der Waals surface area contributed by atoms with Crippen LogP contribution in [-0.2, 0) is 10.2 Å². The summed E-state index contributed by atoms with van der Waals surface area (Å²) in [5.41, 5.74) is 4.99. The van der Waals surface area contributed by atoms with Crippen LogP contribution in [0.2, 0.25) is 0 Å². The number of piperidine rings is 1. The molecule has 1 saturated heterocycles. The van der Waals surface area contributed by atoms with Gasteiger partial charge in [-0.25, -0.2) is 4.79 Å². The summed E-state index contributed by atoms with van der Waals surface area (Å²) in [6.07, 6.45) is 12.0. The Kier molecular flexibility index (Phi) is 7.92. The molecular weight excluding hydrogens is 542 g/mol. The zero-order chi connectivity index (χ0) is 23.3. The highest BCUT2D eigenvalue weighted by atomic mass is 79.9. The van der Waals surface area contributed by atoms with Crippen molar-refractivity contribution in [2.45, 2.75) is 31.1 Å². The van der Waals surface area contributed by atoms with E-state index in [1.165, 1.54) is 22.3 Å². The number of rotatable bonds is 6. The molecule has 0 aromatic heterocycles. The smallest absolute Gasteiger partial charge is 0.409 e. The quantitative estimate of drug-likeness (QED) is 0.264. The third-order valence-electron chi connectivity index (χ3n) is 6.71. The van der Waals surface area contributed by atoms with Crippen molar-refractivity contribution >= 4 is 43.5 Å². The zero-order valence-corrected chi connectivity index (χ0v) is 22.0. The highest BCUT2D eigenvalue weighted by molar-refractivity contribution is 9.10. The van der Waals surface area contributed by atoms with Gasteiger partial charge in [0, 0.05) is 34.2 Å². The Morgan fingerprint density at radius 1 is 1.12 bits per heavy atom. The predicted molar refractivity (Wildman–Crippen MR) is 143 cm³/mol. The first-order valence-electron chi connectivity index (χ1n) is 11.4. The number of ether oxygens (including phenoxy) is 1. The lowest BCUT2D eigenvalue weighted by Crippen LogP contribution is -2.46. The van der Waals surface area contributed by atoms with Crippen molar-refractivity contribution < 1.29 is 9.53 Å². The Labute approximate surface area is 213 Å². The number of likely N-dealkylation sites (tertiary alicyclic amines) is 1. The maximum Gasteiger partial charge on any atom is 0.409 e. The summed E-state index contributed by atoms with van der Waals surface area (Å²) in [7, 11) is 0. The molecule has 5 heteroatoms. The zero-order valence-electron chi connectivity index (χ0n) is 18.8. The van der Waals surface area contributed by atoms with Crippen molar-refractivity contribution in [2.75, 3.05) is 25.0 Å². The van der Waals surface area contributed by atoms with E-state index in [0.717, 1.165) is 22.6 Å². The van der Waals surface area contributed by atoms with Crippen molar-refractivity contribution in [3.63, 3.8) is 0 Å². The molecule has 1 atom stereocenters. The van der Waals surface area contributed by atoms with Gasteiger partial charge in [0.1, 0.15) is 6.61 Å². The fraction of sp³-hybridized carbons (Fsp3) is 0.321. The third-order valence-corrected chi connectivity index (χ3v) is 8.31. The standard InChI is InChI=1S/C28H29Br2NO2/c1-2-3-4-7-21-18-22(26-9-6-5-8-25(21)26)19-33-27(32)31-16-14-28(20-29,15-17-31)23-10-12-24(30)13-11-23/h2-13,18,22H,14-17,19-20H2,1H3/b3-2-,7-4-. The average molecular weight is 571 g/mol. The van der Waals surface area contributed by atoms with Gasteiger partial charge in [-0.1, -0.05) is 98.6 Å². The van der Waals surface area contributed by atoms with Crippen LogP contribution in [0.5, 0.6) is 0 Å². The van der Waals surface area contributed by atoms with Crippen molar-refractivity contribution in [3.8, 4) is 0 Å². The second kappa shape index (κ2) is 10.9. The first-order valence-corrected chi connectivity index (χ1v) is 13.3. The van der Waals surface area contributed by atoms with Crippen LogP contribution in [0.15, 0.2) is 83.4 Å². The van der Waals surface area contributed by atoms with Gasteiger partial charge in [-0.05, 0) is 54.2 Å². The van der Waals surface area contributed by atoms with Gasteiger partial charge in [-0.3, -0.25) is 0 Å². The van der Waals surface area contributed by atoms with Gasteiger partial charge in [0.15, 0.2) is 0 Å². The van der Waals surface area contributed by atoms with Gasteiger partial charge in [0.2, 0.25) is 0 Å². The fourth-order valence-electron chi connectivity index (χ4n) is 4.71. The van der Waals surface area contributed by atoms with E-state index >= 15 is 0 Å². The van der Waals surface area contributed by atoms with Crippen LogP contribution < -0.4 is 0 Å². The molecule has 1 unspecified atom stereocenters. The van der Waals surface area contributed by atoms with Crippen LogP contribution in [0.1, 0.15) is 42.4 Å². The molecule has 1 aliphatic carbocycles. The molecule has 1 aliphatic heterocycles. The molecule has 2 aromatic carbocycles. The molecule has 2 aromatic rings. The molecule has 33 heavy (non-hydrogen) atoms. The lowest BCUT2D eigenvalue weighted by Gasteiger charge is -2.41. The second-order valence-electron chi connectivity index (χ2n) is 8.69. The number of allylic oxidation sites excluding steroid dienone is 5. The summed E-state index contributed by atoms with van der Waals surface area (Å²) < 4.78 is 6.89. The molecule has 0 saturated carbocycles. The molecule has 3 nitrogen and oxygen atoms in total. The average Bonchev–Trinajstić information content (AvgIpc) is 3.21. The summed E-state index contributed by atoms with van der Waals surface area (Å²) in [6, 6.07) is 16.9. The maximum atomic E-state index is 12.9. The number of halogens is 2. The predicted octanol–water partition coefficient (Wildman–Crippen LogP) is 7.63. The molecule has 0 spiro atoms. The van der Waals surface area contributed by atoms with Gasteiger partial charge in [0.25, 0.3) is 0 Å². The normalized spacial score (nSPS) is 19.7. The summed E-state index contributed by atoms with van der Waals surface area (Å²) in [6.45, 7) is 3.78. The molecular formula is C28H29Br2NO2. The van der Waals surface area contributed by atoms with Gasteiger partial charge in [0.05, 0.1) is 0 Å². The van der Waals surface area contributed by atoms with E-state index in [1.54, 1.807) is 0 Å². The number of alkyl halides is 1. The molecule has 0 bridgehead atoms. The number of amides is 1. The highest BCUT2D eigenvalue weighted by Gasteiger charge is 2.37. The van der Waals surface area contributed by atoms with Crippen LogP contribution in [0, 0.1) is 0 Å². The van der Waals surface area contributed by atoms with E-state index < -0.39 is 0 Å². The fourth-order valence-corrected chi connectivity index (χ4v) is 5.85. The van der Waals surface area contributed by atoms with E-state index in [1.807, 2.05) is 36.1 Å². The molecule has 1 heterocycles. The summed E-state index contributed by atoms with van der Waals surface area (Å²) >= 11 is 7.26. The van der Waals surface area contributed by atoms with Crippen molar-refractivity contribution in [1.29, 1.82) is 0 Å². The monoisotopic (exact) mass is 569 g/mol. The van der Waals surface area contributed by atoms with Crippen LogP contribution in [0.4, 0.5) is 4.79 Å². The number of carbonyl (C=O) groups excluding carboxylic acids is 1. The topological polar surface area (TPSA) is 29.5 Å². The molecule has 0 radical (unpaired) electrons. The van der Waals surface area contributed by atoms with Gasteiger partial charge < -0.3 is 9.64 Å². The Morgan fingerprint density at radius 2 is 1.85 bits per heavy atom. The van der Waals surface area contributed by atoms with Crippen LogP contribution in [0.25, 0.3) is 5.57 Å². The van der Waals surface area contributed by atoms with Gasteiger partial charge in [-0.15, -0.1) is 0 Å². The van der Waals surface area contributed by atoms with Crippen LogP contribution in [0.3, 0.4) is 0 Å². The van der Waals surface area contributed by atoms with E-state index in [0.29, 0.717) is 19.7 Å². The van der Waals surface area contributed by atoms with Gasteiger partial charge in [-0.2, -0.15) is 0 Å². The number of hydrogen-bond acceptors (Lipinski definition) is 2. The molecule has 1 fully saturated rings. The number of fused-ring (bicyclic) bond motifs is 1. The third kappa shape index (κ3) is 5.36. The van der Waals surface area contributed by atoms with Crippen LogP contribution >= 0.6 is 31.9 Å². The summed E-state index contributed by atoms with van der Waals surface area (Å²) in [4.78, 5) is 14.7. The molecule has 2 aliphatic rings. The highest BCUT2D eigenvalue weighted by Crippen LogP contribution is 2.39. The van der Waals surface area contributed by atoms with Crippen molar-refractivity contribution in [3.05, 3.63) is 100 Å². The SMILES string of the molecule is C/C=C\C=C/C1=CC(COC(=O)N2CCC(CBr)(c3ccc(Br)cc3)CC2)c2ccccc21. The Morgan fingerprint density at radius 3 is 2.55 bits per heavy atom. The first-order chi connectivity index (χ1) is 16.1. The number of benzene rings is 2. The van der Waals surface area contributed by atoms with Crippen molar-refractivity contribution in [1.82, 2.24) is 4.90 Å². The maximum absolute atomic E-state index is 12.9. The first kappa shape index (κ1) is 24.0. The van der Waals surface area contributed by atoms with Crippen molar-refractivity contribution in [2.24, 2.45) is 0 Å². The number of carbonyl (C=O) groups is 1. The Bertz CT molecular complexity index is 1060. The number of hydrogen-bond donors (Lipinski definition) is 0. The number of nitrogens with zero attached hydrogens (tertiary/aromatic N) is 1. The summed E-state index contributed by atoms with van der Waals surface area (Å²) in [5, 5.41) is 0.887. The molecule has 4 rings (SSSR count). The second-order valence-corrected chi connectivity index (χ2v) is 10.2. The molecule has 0 N–H and O–H groups in total. The van der Waals surface area contributed by atoms with E-state index in [-0.39, 0.29) is 17.4 Å². The van der Waals surface area contributed by atoms with Gasteiger partial charge >= 0.3 is 6.09 Å². The van der Waals surface area contributed by atoms with E-state index in [2.05, 4.69) is 86.5 Å². The van der Waals surface area contributed by atoms with E-state index in [9.17, 15) is 4.79 Å². The lowest BCUT2D eigenvalue weighted by atomic mass is 9.74. The minimum atomic E-state index is -0.210. The van der Waals surface area contributed by atoms with E-state index in [4.69, 9.17) is 4.74 Å². The molecule has 1 amide bonds. The minimum absolute atomic E-state index is 0.0543. The minimum Gasteiger partial charge on any atom is -0.448 e. The van der Waals surface area contributed by atoms with Crippen LogP contribution in [-0.4, -0.2) is 36.0 Å².